The highest BCUT2D eigenvalue weighted by atomic mass is 16.2. The Bertz CT molecular complexity index is 804. The average Bonchev–Trinajstić information content (AvgIpc) is 2.69. The van der Waals surface area contributed by atoms with Crippen LogP contribution in [-0.2, 0) is 10.3 Å². The first-order chi connectivity index (χ1) is 12.3. The number of nitrogens with zero attached hydrogens (tertiary/aromatic N) is 1. The van der Waals surface area contributed by atoms with Crippen LogP contribution in [0.25, 0.3) is 0 Å². The van der Waals surface area contributed by atoms with Crippen LogP contribution in [0.4, 0.5) is 5.69 Å². The molecule has 1 amide bonds. The SMILES string of the molecule is O=C1CCCC(c2ccccc2)(c2ccccc2)N1c1ccccc1. The van der Waals surface area contributed by atoms with Gasteiger partial charge in [-0.2, -0.15) is 0 Å². The van der Waals surface area contributed by atoms with Crippen LogP contribution >= 0.6 is 0 Å². The number of piperidine rings is 1. The summed E-state index contributed by atoms with van der Waals surface area (Å²) in [6.07, 6.45) is 2.41. The molecular formula is C23H21NO. The van der Waals surface area contributed by atoms with E-state index in [2.05, 4.69) is 48.5 Å². The molecule has 0 saturated carbocycles. The molecule has 2 nitrogen and oxygen atoms in total. The lowest BCUT2D eigenvalue weighted by Gasteiger charge is -2.48. The number of benzene rings is 3. The average molecular weight is 327 g/mol. The van der Waals surface area contributed by atoms with Gasteiger partial charge >= 0.3 is 0 Å². The van der Waals surface area contributed by atoms with E-state index < -0.39 is 5.54 Å². The van der Waals surface area contributed by atoms with E-state index in [0.29, 0.717) is 6.42 Å². The summed E-state index contributed by atoms with van der Waals surface area (Å²) in [4.78, 5) is 15.1. The number of para-hydroxylation sites is 1. The number of amides is 1. The third-order valence-electron chi connectivity index (χ3n) is 5.08. The van der Waals surface area contributed by atoms with E-state index in [9.17, 15) is 4.79 Å². The lowest BCUT2D eigenvalue weighted by atomic mass is 9.74. The van der Waals surface area contributed by atoms with E-state index in [4.69, 9.17) is 0 Å². The van der Waals surface area contributed by atoms with Crippen LogP contribution in [-0.4, -0.2) is 5.91 Å². The molecule has 4 rings (SSSR count). The normalized spacial score (nSPS) is 16.6. The zero-order valence-corrected chi connectivity index (χ0v) is 14.1. The molecule has 0 radical (unpaired) electrons. The maximum absolute atomic E-state index is 13.1. The molecule has 3 aromatic carbocycles. The summed E-state index contributed by atoms with van der Waals surface area (Å²) >= 11 is 0. The summed E-state index contributed by atoms with van der Waals surface area (Å²) in [5, 5.41) is 0. The molecule has 0 aromatic heterocycles. The Kier molecular flexibility index (Phi) is 4.10. The highest BCUT2D eigenvalue weighted by molar-refractivity contribution is 5.97. The van der Waals surface area contributed by atoms with E-state index >= 15 is 0 Å². The van der Waals surface area contributed by atoms with Gasteiger partial charge in [-0.1, -0.05) is 78.9 Å². The number of hydrogen-bond acceptors (Lipinski definition) is 1. The minimum atomic E-state index is -0.459. The summed E-state index contributed by atoms with van der Waals surface area (Å²) in [5.41, 5.74) is 2.83. The molecule has 0 atom stereocenters. The second kappa shape index (κ2) is 6.56. The summed E-state index contributed by atoms with van der Waals surface area (Å²) in [6.45, 7) is 0. The number of hydrogen-bond donors (Lipinski definition) is 0. The van der Waals surface area contributed by atoms with Gasteiger partial charge in [0.15, 0.2) is 0 Å². The van der Waals surface area contributed by atoms with Gasteiger partial charge in [0.1, 0.15) is 0 Å². The molecule has 25 heavy (non-hydrogen) atoms. The molecule has 0 aliphatic carbocycles. The smallest absolute Gasteiger partial charge is 0.228 e. The Labute approximate surface area is 148 Å². The van der Waals surface area contributed by atoms with Crippen LogP contribution in [0.3, 0.4) is 0 Å². The topological polar surface area (TPSA) is 20.3 Å². The van der Waals surface area contributed by atoms with Crippen molar-refractivity contribution in [2.75, 3.05) is 4.90 Å². The molecule has 1 aliphatic rings. The summed E-state index contributed by atoms with van der Waals surface area (Å²) < 4.78 is 0. The van der Waals surface area contributed by atoms with Gasteiger partial charge in [-0.15, -0.1) is 0 Å². The van der Waals surface area contributed by atoms with Crippen LogP contribution in [0.5, 0.6) is 0 Å². The van der Waals surface area contributed by atoms with Crippen molar-refractivity contribution in [1.29, 1.82) is 0 Å². The van der Waals surface area contributed by atoms with E-state index in [0.717, 1.165) is 29.7 Å². The Hall–Kier alpha value is -2.87. The minimum Gasteiger partial charge on any atom is -0.298 e. The standard InChI is InChI=1S/C23H21NO/c25-22-17-10-18-23(19-11-4-1-5-12-19,20-13-6-2-7-14-20)24(22)21-15-8-3-9-16-21/h1-9,11-16H,10,17-18H2. The van der Waals surface area contributed by atoms with Gasteiger partial charge in [0.2, 0.25) is 5.91 Å². The monoisotopic (exact) mass is 327 g/mol. The van der Waals surface area contributed by atoms with Crippen LogP contribution in [0.15, 0.2) is 91.0 Å². The zero-order valence-electron chi connectivity index (χ0n) is 14.1. The summed E-state index contributed by atoms with van der Waals surface area (Å²) in [6, 6.07) is 30.9. The molecule has 0 bridgehead atoms. The maximum Gasteiger partial charge on any atom is 0.228 e. The first-order valence-electron chi connectivity index (χ1n) is 8.81. The highest BCUT2D eigenvalue weighted by Crippen LogP contribution is 2.46. The van der Waals surface area contributed by atoms with E-state index in [1.165, 1.54) is 0 Å². The molecule has 0 unspecified atom stereocenters. The Morgan fingerprint density at radius 2 is 1.16 bits per heavy atom. The van der Waals surface area contributed by atoms with Gasteiger partial charge in [0, 0.05) is 12.1 Å². The largest absolute Gasteiger partial charge is 0.298 e. The van der Waals surface area contributed by atoms with Gasteiger partial charge in [-0.05, 0) is 36.1 Å². The predicted molar refractivity (Wildman–Crippen MR) is 101 cm³/mol. The summed E-state index contributed by atoms with van der Waals surface area (Å²) in [5.74, 6) is 0.185. The zero-order chi connectivity index (χ0) is 17.1. The summed E-state index contributed by atoms with van der Waals surface area (Å²) in [7, 11) is 0. The lowest BCUT2D eigenvalue weighted by Crippen LogP contribution is -2.53. The van der Waals surface area contributed by atoms with Crippen molar-refractivity contribution in [3.63, 3.8) is 0 Å². The predicted octanol–water partition coefficient (Wildman–Crippen LogP) is 5.15. The quantitative estimate of drug-likeness (QED) is 0.651. The molecule has 1 aliphatic heterocycles. The molecule has 1 heterocycles. The van der Waals surface area contributed by atoms with Crippen LogP contribution in [0.1, 0.15) is 30.4 Å². The second-order valence-electron chi connectivity index (χ2n) is 6.51. The van der Waals surface area contributed by atoms with Gasteiger partial charge in [-0.3, -0.25) is 9.69 Å². The minimum absolute atomic E-state index is 0.185. The fourth-order valence-corrected chi connectivity index (χ4v) is 4.01. The van der Waals surface area contributed by atoms with Crippen molar-refractivity contribution >= 4 is 11.6 Å². The van der Waals surface area contributed by atoms with Crippen molar-refractivity contribution in [2.45, 2.75) is 24.8 Å². The maximum atomic E-state index is 13.1. The van der Waals surface area contributed by atoms with Crippen molar-refractivity contribution in [1.82, 2.24) is 0 Å². The molecule has 2 heteroatoms. The van der Waals surface area contributed by atoms with E-state index in [1.807, 2.05) is 47.4 Å². The van der Waals surface area contributed by atoms with Gasteiger partial charge in [0.25, 0.3) is 0 Å². The molecule has 124 valence electrons. The molecule has 1 fully saturated rings. The molecular weight excluding hydrogens is 306 g/mol. The van der Waals surface area contributed by atoms with Crippen molar-refractivity contribution in [2.24, 2.45) is 0 Å². The van der Waals surface area contributed by atoms with Crippen LogP contribution < -0.4 is 4.90 Å². The Balaban J connectivity index is 1.99. The Morgan fingerprint density at radius 1 is 0.680 bits per heavy atom. The second-order valence-corrected chi connectivity index (χ2v) is 6.51. The molecule has 0 spiro atoms. The third kappa shape index (κ3) is 2.64. The first kappa shape index (κ1) is 15.6. The van der Waals surface area contributed by atoms with Gasteiger partial charge < -0.3 is 0 Å². The number of anilines is 1. The lowest BCUT2D eigenvalue weighted by molar-refractivity contribution is -0.121. The molecule has 1 saturated heterocycles. The van der Waals surface area contributed by atoms with Gasteiger partial charge in [0.05, 0.1) is 5.54 Å². The van der Waals surface area contributed by atoms with Crippen molar-refractivity contribution < 1.29 is 4.79 Å². The van der Waals surface area contributed by atoms with Crippen LogP contribution in [0, 0.1) is 0 Å². The number of carbonyl (C=O) groups is 1. The van der Waals surface area contributed by atoms with Crippen LogP contribution in [0.2, 0.25) is 0 Å². The van der Waals surface area contributed by atoms with Crippen molar-refractivity contribution in [3.8, 4) is 0 Å². The third-order valence-corrected chi connectivity index (χ3v) is 5.08. The molecule has 0 N–H and O–H groups in total. The number of rotatable bonds is 3. The van der Waals surface area contributed by atoms with E-state index in [1.54, 1.807) is 0 Å². The number of carbonyl (C=O) groups excluding carboxylic acids is 1. The van der Waals surface area contributed by atoms with E-state index in [-0.39, 0.29) is 5.91 Å². The highest BCUT2D eigenvalue weighted by Gasteiger charge is 2.45. The fourth-order valence-electron chi connectivity index (χ4n) is 4.01. The fraction of sp³-hybridized carbons (Fsp3) is 0.174. The first-order valence-corrected chi connectivity index (χ1v) is 8.81. The molecule has 3 aromatic rings. The van der Waals surface area contributed by atoms with Crippen molar-refractivity contribution in [3.05, 3.63) is 102 Å². The Morgan fingerprint density at radius 3 is 1.68 bits per heavy atom. The van der Waals surface area contributed by atoms with Gasteiger partial charge in [-0.25, -0.2) is 0 Å².